The van der Waals surface area contributed by atoms with Crippen molar-refractivity contribution in [1.82, 2.24) is 5.32 Å². The summed E-state index contributed by atoms with van der Waals surface area (Å²) in [5, 5.41) is 3.06. The zero-order valence-electron chi connectivity index (χ0n) is 12.1. The van der Waals surface area contributed by atoms with Gasteiger partial charge < -0.3 is 10.1 Å². The van der Waals surface area contributed by atoms with Gasteiger partial charge in [-0.3, -0.25) is 9.59 Å². The lowest BCUT2D eigenvalue weighted by Gasteiger charge is -2.16. The van der Waals surface area contributed by atoms with Gasteiger partial charge in [0.2, 0.25) is 0 Å². The van der Waals surface area contributed by atoms with Crippen molar-refractivity contribution >= 4 is 11.8 Å². The highest BCUT2D eigenvalue weighted by Crippen LogP contribution is 2.23. The molecular weight excluding hydrogens is 254 g/mol. The first-order chi connectivity index (χ1) is 9.65. The molecule has 0 saturated carbocycles. The highest BCUT2D eigenvalue weighted by molar-refractivity contribution is 6.02. The van der Waals surface area contributed by atoms with Crippen LogP contribution in [0.1, 0.15) is 41.3 Å². The number of carbonyl (C=O) groups is 2. The summed E-state index contributed by atoms with van der Waals surface area (Å²) >= 11 is 0. The Morgan fingerprint density at radius 3 is 2.75 bits per heavy atom. The smallest absolute Gasteiger partial charge is 0.307 e. The van der Waals surface area contributed by atoms with Crippen LogP contribution >= 0.6 is 0 Å². The Morgan fingerprint density at radius 2 is 2.05 bits per heavy atom. The molecule has 20 heavy (non-hydrogen) atoms. The number of carbonyl (C=O) groups excluding carboxylic acids is 2. The number of nitrogens with one attached hydrogen (secondary N) is 1. The van der Waals surface area contributed by atoms with Gasteiger partial charge in [-0.15, -0.1) is 0 Å². The van der Waals surface area contributed by atoms with E-state index in [-0.39, 0.29) is 18.2 Å². The van der Waals surface area contributed by atoms with Crippen LogP contribution in [0.25, 0.3) is 0 Å². The molecule has 108 valence electrons. The van der Waals surface area contributed by atoms with Gasteiger partial charge in [-0.2, -0.15) is 0 Å². The van der Waals surface area contributed by atoms with Crippen LogP contribution in [0.2, 0.25) is 0 Å². The predicted octanol–water partition coefficient (Wildman–Crippen LogP) is 1.90. The van der Waals surface area contributed by atoms with Gasteiger partial charge in [0.05, 0.1) is 19.6 Å². The Kier molecular flexibility index (Phi) is 4.90. The molecule has 1 aliphatic carbocycles. The largest absolute Gasteiger partial charge is 0.469 e. The number of hydrogen-bond donors (Lipinski definition) is 1. The van der Waals surface area contributed by atoms with Gasteiger partial charge in [-0.25, -0.2) is 0 Å². The quantitative estimate of drug-likeness (QED) is 0.636. The number of rotatable bonds is 6. The van der Waals surface area contributed by atoms with Crippen LogP contribution in [0.5, 0.6) is 0 Å². The van der Waals surface area contributed by atoms with E-state index >= 15 is 0 Å². The van der Waals surface area contributed by atoms with E-state index in [1.165, 1.54) is 18.2 Å². The van der Waals surface area contributed by atoms with Gasteiger partial charge in [0, 0.05) is 5.56 Å². The second-order valence-corrected chi connectivity index (χ2v) is 5.09. The number of ketones is 1. The van der Waals surface area contributed by atoms with E-state index < -0.39 is 6.04 Å². The highest BCUT2D eigenvalue weighted by Gasteiger charge is 2.23. The van der Waals surface area contributed by atoms with Crippen LogP contribution in [-0.2, 0) is 22.4 Å². The standard InChI is InChI=1S/C16H21NO3/c1-3-17-14(10-15(18)20-2)16(19)13-8-7-11-5-4-6-12(11)9-13/h7-9,14,17H,3-6,10H2,1-2H3. The number of fused-ring (bicyclic) bond motifs is 1. The third kappa shape index (κ3) is 3.25. The third-order valence-corrected chi connectivity index (χ3v) is 3.75. The normalized spacial score (nSPS) is 14.7. The van der Waals surface area contributed by atoms with E-state index in [1.54, 1.807) is 0 Å². The molecule has 0 aliphatic heterocycles. The molecule has 0 amide bonds. The molecule has 1 unspecified atom stereocenters. The molecule has 0 fully saturated rings. The van der Waals surface area contributed by atoms with Crippen molar-refractivity contribution in [2.24, 2.45) is 0 Å². The van der Waals surface area contributed by atoms with Crippen molar-refractivity contribution in [3.8, 4) is 0 Å². The number of ether oxygens (including phenoxy) is 1. The highest BCUT2D eigenvalue weighted by atomic mass is 16.5. The topological polar surface area (TPSA) is 55.4 Å². The minimum absolute atomic E-state index is 0.0352. The summed E-state index contributed by atoms with van der Waals surface area (Å²) in [5.74, 6) is -0.405. The number of esters is 1. The van der Waals surface area contributed by atoms with Crippen LogP contribution in [0.15, 0.2) is 18.2 Å². The summed E-state index contributed by atoms with van der Waals surface area (Å²) in [6.07, 6.45) is 3.37. The average Bonchev–Trinajstić information content (AvgIpc) is 2.93. The van der Waals surface area contributed by atoms with Gasteiger partial charge in [0.1, 0.15) is 0 Å². The number of aryl methyl sites for hydroxylation is 2. The maximum atomic E-state index is 12.5. The molecule has 0 bridgehead atoms. The van der Waals surface area contributed by atoms with Crippen LogP contribution in [0, 0.1) is 0 Å². The van der Waals surface area contributed by atoms with Crippen molar-refractivity contribution in [3.05, 3.63) is 34.9 Å². The monoisotopic (exact) mass is 275 g/mol. The SMILES string of the molecule is CCNC(CC(=O)OC)C(=O)c1ccc2c(c1)CCC2. The maximum Gasteiger partial charge on any atom is 0.307 e. The molecule has 0 radical (unpaired) electrons. The zero-order valence-corrected chi connectivity index (χ0v) is 12.1. The Hall–Kier alpha value is -1.68. The summed E-state index contributed by atoms with van der Waals surface area (Å²) in [7, 11) is 1.34. The van der Waals surface area contributed by atoms with Gasteiger partial charge in [0.15, 0.2) is 5.78 Å². The van der Waals surface area contributed by atoms with Crippen molar-refractivity contribution in [3.63, 3.8) is 0 Å². The molecule has 0 spiro atoms. The summed E-state index contributed by atoms with van der Waals surface area (Å²) in [5.41, 5.74) is 3.29. The van der Waals surface area contributed by atoms with Crippen LogP contribution in [0.4, 0.5) is 0 Å². The number of likely N-dealkylation sites (N-methyl/N-ethyl adjacent to an activating group) is 1. The number of hydrogen-bond acceptors (Lipinski definition) is 4. The molecule has 1 aliphatic rings. The summed E-state index contributed by atoms with van der Waals surface area (Å²) in [6, 6.07) is 5.38. The maximum absolute atomic E-state index is 12.5. The average molecular weight is 275 g/mol. The molecule has 1 atom stereocenters. The third-order valence-electron chi connectivity index (χ3n) is 3.75. The Morgan fingerprint density at radius 1 is 1.30 bits per heavy atom. The number of benzene rings is 1. The van der Waals surface area contributed by atoms with E-state index in [1.807, 2.05) is 25.1 Å². The molecule has 1 aromatic rings. The van der Waals surface area contributed by atoms with Gasteiger partial charge in [-0.1, -0.05) is 19.1 Å². The van der Waals surface area contributed by atoms with E-state index in [4.69, 9.17) is 0 Å². The Bertz CT molecular complexity index is 510. The molecule has 0 aromatic heterocycles. The van der Waals surface area contributed by atoms with Gasteiger partial charge in [-0.05, 0) is 43.0 Å². The Labute approximate surface area is 119 Å². The fourth-order valence-corrected chi connectivity index (χ4v) is 2.68. The van der Waals surface area contributed by atoms with E-state index in [0.29, 0.717) is 12.1 Å². The molecule has 1 aromatic carbocycles. The van der Waals surface area contributed by atoms with Crippen molar-refractivity contribution in [2.75, 3.05) is 13.7 Å². The lowest BCUT2D eigenvalue weighted by atomic mass is 9.98. The number of methoxy groups -OCH3 is 1. The van der Waals surface area contributed by atoms with Crippen molar-refractivity contribution in [2.45, 2.75) is 38.6 Å². The second-order valence-electron chi connectivity index (χ2n) is 5.09. The van der Waals surface area contributed by atoms with Crippen molar-refractivity contribution in [1.29, 1.82) is 0 Å². The first kappa shape index (κ1) is 14.7. The van der Waals surface area contributed by atoms with E-state index in [0.717, 1.165) is 19.3 Å². The van der Waals surface area contributed by atoms with Crippen LogP contribution < -0.4 is 5.32 Å². The summed E-state index contributed by atoms with van der Waals surface area (Å²) < 4.78 is 4.66. The lowest BCUT2D eigenvalue weighted by molar-refractivity contribution is -0.140. The predicted molar refractivity (Wildman–Crippen MR) is 76.9 cm³/mol. The molecule has 0 saturated heterocycles. The molecule has 2 rings (SSSR count). The van der Waals surface area contributed by atoms with Crippen LogP contribution in [-0.4, -0.2) is 31.4 Å². The number of Topliss-reactive ketones (excluding diaryl/α,β-unsaturated/α-hetero) is 1. The fourth-order valence-electron chi connectivity index (χ4n) is 2.68. The van der Waals surface area contributed by atoms with Crippen LogP contribution in [0.3, 0.4) is 0 Å². The fraction of sp³-hybridized carbons (Fsp3) is 0.500. The molecular formula is C16H21NO3. The van der Waals surface area contributed by atoms with E-state index in [9.17, 15) is 9.59 Å². The van der Waals surface area contributed by atoms with E-state index in [2.05, 4.69) is 10.1 Å². The second kappa shape index (κ2) is 6.66. The van der Waals surface area contributed by atoms with Crippen molar-refractivity contribution < 1.29 is 14.3 Å². The van der Waals surface area contributed by atoms with Gasteiger partial charge >= 0.3 is 5.97 Å². The lowest BCUT2D eigenvalue weighted by Crippen LogP contribution is -2.38. The zero-order chi connectivity index (χ0) is 14.5. The molecule has 4 heteroatoms. The minimum Gasteiger partial charge on any atom is -0.469 e. The summed E-state index contributed by atoms with van der Waals surface area (Å²) in [6.45, 7) is 2.55. The minimum atomic E-state index is -0.507. The van der Waals surface area contributed by atoms with Gasteiger partial charge in [0.25, 0.3) is 0 Å². The first-order valence-electron chi connectivity index (χ1n) is 7.12. The Balaban J connectivity index is 2.16. The molecule has 4 nitrogen and oxygen atoms in total. The molecule has 0 heterocycles. The first-order valence-corrected chi connectivity index (χ1v) is 7.12. The molecule has 1 N–H and O–H groups in total. The summed E-state index contributed by atoms with van der Waals surface area (Å²) in [4.78, 5) is 23.9.